The van der Waals surface area contributed by atoms with Crippen LogP contribution >= 0.6 is 0 Å². The molecule has 1 atom stereocenters. The molecule has 1 rings (SSSR count). The SMILES string of the molecule is CNCCCS(=O)(=O)NC1(C)CCS(=O)(=O)C1. The van der Waals surface area contributed by atoms with E-state index in [-0.39, 0.29) is 17.3 Å². The second-order valence-corrected chi connectivity index (χ2v) is 8.81. The molecule has 0 aromatic rings. The van der Waals surface area contributed by atoms with Gasteiger partial charge in [-0.1, -0.05) is 0 Å². The number of hydrogen-bond donors (Lipinski definition) is 2. The van der Waals surface area contributed by atoms with Crippen LogP contribution in [0.15, 0.2) is 0 Å². The fourth-order valence-corrected chi connectivity index (χ4v) is 5.69. The van der Waals surface area contributed by atoms with Crippen molar-refractivity contribution in [3.63, 3.8) is 0 Å². The molecule has 0 aromatic heterocycles. The van der Waals surface area contributed by atoms with Crippen LogP contribution < -0.4 is 10.0 Å². The first-order valence-corrected chi connectivity index (χ1v) is 9.02. The second kappa shape index (κ2) is 5.21. The Hall–Kier alpha value is -0.180. The summed E-state index contributed by atoms with van der Waals surface area (Å²) in [5, 5.41) is 2.87. The highest BCUT2D eigenvalue weighted by atomic mass is 32.2. The lowest BCUT2D eigenvalue weighted by Gasteiger charge is -2.23. The molecule has 0 amide bonds. The quantitative estimate of drug-likeness (QED) is 0.616. The Balaban J connectivity index is 2.59. The molecule has 102 valence electrons. The molecule has 2 N–H and O–H groups in total. The van der Waals surface area contributed by atoms with Crippen molar-refractivity contribution in [1.29, 1.82) is 0 Å². The van der Waals surface area contributed by atoms with Gasteiger partial charge >= 0.3 is 0 Å². The normalized spacial score (nSPS) is 28.4. The maximum absolute atomic E-state index is 11.7. The van der Waals surface area contributed by atoms with E-state index in [1.165, 1.54) is 0 Å². The van der Waals surface area contributed by atoms with E-state index < -0.39 is 25.4 Å². The molecule has 6 nitrogen and oxygen atoms in total. The first kappa shape index (κ1) is 14.9. The zero-order chi connectivity index (χ0) is 13.2. The van der Waals surface area contributed by atoms with Crippen molar-refractivity contribution >= 4 is 19.9 Å². The lowest BCUT2D eigenvalue weighted by atomic mass is 10.0. The summed E-state index contributed by atoms with van der Waals surface area (Å²) in [4.78, 5) is 0. The van der Waals surface area contributed by atoms with Crippen molar-refractivity contribution < 1.29 is 16.8 Å². The Labute approximate surface area is 103 Å². The van der Waals surface area contributed by atoms with E-state index in [1.807, 2.05) is 0 Å². The van der Waals surface area contributed by atoms with Gasteiger partial charge in [0.05, 0.1) is 17.3 Å². The molecule has 1 unspecified atom stereocenters. The lowest BCUT2D eigenvalue weighted by Crippen LogP contribution is -2.47. The molecule has 0 bridgehead atoms. The summed E-state index contributed by atoms with van der Waals surface area (Å²) in [5.74, 6) is -0.0305. The number of hydrogen-bond acceptors (Lipinski definition) is 5. The van der Waals surface area contributed by atoms with Crippen molar-refractivity contribution in [2.75, 3.05) is 30.9 Å². The van der Waals surface area contributed by atoms with Gasteiger partial charge in [0, 0.05) is 5.54 Å². The van der Waals surface area contributed by atoms with Crippen LogP contribution in [0.25, 0.3) is 0 Å². The standard InChI is InChI=1S/C9H20N2O4S2/c1-9(4-7-16(12,13)8-9)11-17(14,15)6-3-5-10-2/h10-11H,3-8H2,1-2H3. The van der Waals surface area contributed by atoms with Crippen LogP contribution in [0, 0.1) is 0 Å². The molecule has 0 aromatic carbocycles. The van der Waals surface area contributed by atoms with Crippen molar-refractivity contribution in [2.45, 2.75) is 25.3 Å². The van der Waals surface area contributed by atoms with Gasteiger partial charge in [-0.05, 0) is 33.4 Å². The molecule has 1 heterocycles. The van der Waals surface area contributed by atoms with Crippen molar-refractivity contribution in [3.05, 3.63) is 0 Å². The predicted molar refractivity (Wildman–Crippen MR) is 67.1 cm³/mol. The average molecular weight is 284 g/mol. The van der Waals surface area contributed by atoms with E-state index in [1.54, 1.807) is 14.0 Å². The van der Waals surface area contributed by atoms with Gasteiger partial charge in [0.2, 0.25) is 10.0 Å². The summed E-state index contributed by atoms with van der Waals surface area (Å²) < 4.78 is 48.7. The Morgan fingerprint density at radius 2 is 2.00 bits per heavy atom. The molecule has 0 saturated carbocycles. The molecule has 0 spiro atoms. The Bertz CT molecular complexity index is 457. The molecular formula is C9H20N2O4S2. The first-order valence-electron chi connectivity index (χ1n) is 5.55. The monoisotopic (exact) mass is 284 g/mol. The van der Waals surface area contributed by atoms with Gasteiger partial charge in [0.1, 0.15) is 0 Å². The van der Waals surface area contributed by atoms with Crippen molar-refractivity contribution in [2.24, 2.45) is 0 Å². The van der Waals surface area contributed by atoms with Gasteiger partial charge in [0.25, 0.3) is 0 Å². The van der Waals surface area contributed by atoms with Crippen LogP contribution in [0.3, 0.4) is 0 Å². The van der Waals surface area contributed by atoms with Gasteiger partial charge in [-0.2, -0.15) is 0 Å². The van der Waals surface area contributed by atoms with E-state index in [0.29, 0.717) is 19.4 Å². The number of rotatable bonds is 6. The summed E-state index contributed by atoms with van der Waals surface area (Å²) in [7, 11) is -4.74. The molecule has 8 heteroatoms. The highest BCUT2D eigenvalue weighted by Gasteiger charge is 2.40. The second-order valence-electron chi connectivity index (χ2n) is 4.78. The van der Waals surface area contributed by atoms with Crippen LogP contribution in [0.5, 0.6) is 0 Å². The van der Waals surface area contributed by atoms with E-state index in [9.17, 15) is 16.8 Å². The Morgan fingerprint density at radius 3 is 2.47 bits per heavy atom. The zero-order valence-electron chi connectivity index (χ0n) is 10.2. The molecule has 1 fully saturated rings. The lowest BCUT2D eigenvalue weighted by molar-refractivity contribution is 0.461. The van der Waals surface area contributed by atoms with Gasteiger partial charge in [-0.3, -0.25) is 0 Å². The van der Waals surface area contributed by atoms with Crippen LogP contribution in [0.2, 0.25) is 0 Å². The van der Waals surface area contributed by atoms with Gasteiger partial charge < -0.3 is 5.32 Å². The molecule has 0 aliphatic carbocycles. The smallest absolute Gasteiger partial charge is 0.212 e. The maximum atomic E-state index is 11.7. The van der Waals surface area contributed by atoms with Crippen LogP contribution in [0.4, 0.5) is 0 Å². The Kier molecular flexibility index (Phi) is 4.56. The topological polar surface area (TPSA) is 92.3 Å². The number of nitrogens with one attached hydrogen (secondary N) is 2. The summed E-state index contributed by atoms with van der Waals surface area (Å²) in [6.45, 7) is 2.27. The molecule has 0 radical (unpaired) electrons. The van der Waals surface area contributed by atoms with Gasteiger partial charge in [0.15, 0.2) is 9.84 Å². The van der Waals surface area contributed by atoms with Crippen LogP contribution in [-0.2, 0) is 19.9 Å². The fraction of sp³-hybridized carbons (Fsp3) is 1.00. The van der Waals surface area contributed by atoms with Gasteiger partial charge in [-0.15, -0.1) is 0 Å². The third kappa shape index (κ3) is 4.90. The minimum atomic E-state index is -3.40. The molecular weight excluding hydrogens is 264 g/mol. The van der Waals surface area contributed by atoms with Crippen LogP contribution in [-0.4, -0.2) is 53.2 Å². The summed E-state index contributed by atoms with van der Waals surface area (Å²) in [5.41, 5.74) is -0.836. The van der Waals surface area contributed by atoms with E-state index in [4.69, 9.17) is 0 Å². The third-order valence-corrected chi connectivity index (χ3v) is 6.28. The van der Waals surface area contributed by atoms with Crippen molar-refractivity contribution in [3.8, 4) is 0 Å². The molecule has 17 heavy (non-hydrogen) atoms. The van der Waals surface area contributed by atoms with Crippen LogP contribution in [0.1, 0.15) is 19.8 Å². The Morgan fingerprint density at radius 1 is 1.35 bits per heavy atom. The van der Waals surface area contributed by atoms with E-state index >= 15 is 0 Å². The van der Waals surface area contributed by atoms with Crippen molar-refractivity contribution in [1.82, 2.24) is 10.0 Å². The fourth-order valence-electron chi connectivity index (χ4n) is 1.96. The number of sulfone groups is 1. The number of sulfonamides is 1. The summed E-state index contributed by atoms with van der Waals surface area (Å²) in [6, 6.07) is 0. The third-order valence-electron chi connectivity index (χ3n) is 2.75. The molecule has 1 aliphatic heterocycles. The summed E-state index contributed by atoms with van der Waals surface area (Å²) >= 11 is 0. The maximum Gasteiger partial charge on any atom is 0.212 e. The summed E-state index contributed by atoms with van der Waals surface area (Å²) in [6.07, 6.45) is 0.856. The van der Waals surface area contributed by atoms with Gasteiger partial charge in [-0.25, -0.2) is 21.6 Å². The first-order chi connectivity index (χ1) is 7.68. The molecule has 1 aliphatic rings. The minimum Gasteiger partial charge on any atom is -0.320 e. The van der Waals surface area contributed by atoms with E-state index in [0.717, 1.165) is 0 Å². The highest BCUT2D eigenvalue weighted by molar-refractivity contribution is 7.92. The average Bonchev–Trinajstić information content (AvgIpc) is 2.39. The molecule has 1 saturated heterocycles. The zero-order valence-corrected chi connectivity index (χ0v) is 11.8. The minimum absolute atomic E-state index is 0.0173. The largest absolute Gasteiger partial charge is 0.320 e. The predicted octanol–water partition coefficient (Wildman–Crippen LogP) is -0.907. The van der Waals surface area contributed by atoms with E-state index in [2.05, 4.69) is 10.0 Å². The highest BCUT2D eigenvalue weighted by Crippen LogP contribution is 2.23.